The maximum atomic E-state index is 9.76. The highest BCUT2D eigenvalue weighted by Gasteiger charge is 2.18. The van der Waals surface area contributed by atoms with Crippen LogP contribution in [0.4, 0.5) is 0 Å². The molecule has 0 atom stereocenters. The third-order valence-corrected chi connectivity index (χ3v) is 1.32. The fourth-order valence-electron chi connectivity index (χ4n) is 0.379. The molecule has 0 aromatic heterocycles. The predicted octanol–water partition coefficient (Wildman–Crippen LogP) is 0.215. The molecule has 134 valence electrons. The van der Waals surface area contributed by atoms with Gasteiger partial charge in [-0.25, -0.2) is 0 Å². The monoisotopic (exact) mass is 357 g/mol. The highest BCUT2D eigenvalue weighted by Crippen LogP contribution is 1.91. The molecule has 1 heterocycles. The lowest BCUT2D eigenvalue weighted by Gasteiger charge is -1.94. The molecule has 0 radical (unpaired) electrons. The van der Waals surface area contributed by atoms with Gasteiger partial charge in [-0.15, -0.1) is 5.10 Å². The number of hydrogen-bond acceptors (Lipinski definition) is 8. The zero-order chi connectivity index (χ0) is 19.2. The molecule has 0 saturated heterocycles. The van der Waals surface area contributed by atoms with Crippen molar-refractivity contribution in [3.05, 3.63) is 0 Å². The molecule has 0 spiro atoms. The Morgan fingerprint density at radius 2 is 1.43 bits per heavy atom. The third-order valence-electron chi connectivity index (χ3n) is 1.32. The van der Waals surface area contributed by atoms with E-state index in [4.69, 9.17) is 24.7 Å². The van der Waals surface area contributed by atoms with E-state index >= 15 is 0 Å². The Balaban J connectivity index is -0.000000240. The van der Waals surface area contributed by atoms with Crippen LogP contribution in [0, 0.1) is 5.92 Å². The van der Waals surface area contributed by atoms with Gasteiger partial charge in [-0.05, 0) is 19.1 Å². The molecule has 0 aromatic rings. The third kappa shape index (κ3) is 38.2. The number of aliphatic carboxylic acids is 3. The summed E-state index contributed by atoms with van der Waals surface area (Å²) in [7, 11) is -3.67. The van der Waals surface area contributed by atoms with Crippen LogP contribution in [0.1, 0.15) is 20.8 Å². The molecule has 1 rings (SSSR count). The van der Waals surface area contributed by atoms with Crippen molar-refractivity contribution in [2.75, 3.05) is 12.8 Å². The Bertz CT molecular complexity index is 528. The minimum Gasteiger partial charge on any atom is -0.481 e. The van der Waals surface area contributed by atoms with E-state index in [2.05, 4.69) is 15.4 Å². The zero-order valence-electron chi connectivity index (χ0n) is 12.9. The molecule has 0 bridgehead atoms. The molecule has 1 aliphatic rings. The van der Waals surface area contributed by atoms with E-state index in [0.717, 1.165) is 19.6 Å². The van der Waals surface area contributed by atoms with Gasteiger partial charge in [0, 0.05) is 6.92 Å². The average Bonchev–Trinajstić information content (AvgIpc) is 2.76. The SMILES string of the molecule is CC(=O)O.CC(C(=O)O)C(=O)O.CC1=NN=NC1.CS(=O)(=O)O. The first kappa shape index (κ1) is 25.5. The summed E-state index contributed by atoms with van der Waals surface area (Å²) in [6, 6.07) is 0. The molecule has 1 aliphatic heterocycles. The lowest BCUT2D eigenvalue weighted by atomic mass is 10.2. The van der Waals surface area contributed by atoms with Gasteiger partial charge < -0.3 is 15.3 Å². The van der Waals surface area contributed by atoms with Gasteiger partial charge in [-0.1, -0.05) is 0 Å². The maximum absolute atomic E-state index is 9.76. The molecular formula is C10H19N3O9S. The van der Waals surface area contributed by atoms with Crippen molar-refractivity contribution in [3.8, 4) is 0 Å². The normalized spacial score (nSPS) is 11.7. The summed E-state index contributed by atoms with van der Waals surface area (Å²) in [5, 5.41) is 33.9. The predicted molar refractivity (Wildman–Crippen MR) is 78.1 cm³/mol. The fraction of sp³-hybridized carbons (Fsp3) is 0.600. The van der Waals surface area contributed by atoms with E-state index < -0.39 is 33.9 Å². The van der Waals surface area contributed by atoms with Crippen molar-refractivity contribution in [1.82, 2.24) is 0 Å². The summed E-state index contributed by atoms with van der Waals surface area (Å²) in [6.07, 6.45) is 0.715. The second-order valence-corrected chi connectivity index (χ2v) is 5.34. The molecule has 23 heavy (non-hydrogen) atoms. The standard InChI is InChI=1S/C4H6O4.C3H5N3.C2H4O2.CH4O3S/c1-2(3(5)6)4(7)8;1-3-2-4-6-5-3;1-2(3)4;1-5(2,3)4/h2H,1H3,(H,5,6)(H,7,8);2H2,1H3;1H3,(H,3,4);1H3,(H,2,3,4). The molecule has 0 saturated carbocycles. The Hall–Kier alpha value is -2.41. The van der Waals surface area contributed by atoms with E-state index in [9.17, 15) is 18.0 Å². The van der Waals surface area contributed by atoms with Gasteiger partial charge in [0.1, 0.15) is 6.54 Å². The van der Waals surface area contributed by atoms with Crippen LogP contribution in [0.25, 0.3) is 0 Å². The van der Waals surface area contributed by atoms with Crippen LogP contribution >= 0.6 is 0 Å². The van der Waals surface area contributed by atoms with Crippen LogP contribution in [0.5, 0.6) is 0 Å². The minimum absolute atomic E-state index is 0.694. The number of hydrogen-bond donors (Lipinski definition) is 4. The zero-order valence-corrected chi connectivity index (χ0v) is 13.7. The van der Waals surface area contributed by atoms with E-state index in [1.165, 1.54) is 0 Å². The Morgan fingerprint density at radius 1 is 1.13 bits per heavy atom. The first-order chi connectivity index (χ1) is 10.2. The Morgan fingerprint density at radius 3 is 1.48 bits per heavy atom. The average molecular weight is 357 g/mol. The molecule has 0 unspecified atom stereocenters. The topological polar surface area (TPSA) is 203 Å². The van der Waals surface area contributed by atoms with E-state index in [1.54, 1.807) is 0 Å². The summed E-state index contributed by atoms with van der Waals surface area (Å²) in [5.74, 6) is -4.75. The van der Waals surface area contributed by atoms with Crippen LogP contribution < -0.4 is 0 Å². The summed E-state index contributed by atoms with van der Waals surface area (Å²) in [4.78, 5) is 28.5. The fourth-order valence-corrected chi connectivity index (χ4v) is 0.379. The summed E-state index contributed by atoms with van der Waals surface area (Å²) >= 11 is 0. The van der Waals surface area contributed by atoms with Crippen molar-refractivity contribution >= 4 is 33.7 Å². The lowest BCUT2D eigenvalue weighted by Crippen LogP contribution is -2.19. The Labute approximate surface area is 132 Å². The van der Waals surface area contributed by atoms with Gasteiger partial charge in [-0.3, -0.25) is 18.9 Å². The van der Waals surface area contributed by atoms with E-state index in [1.807, 2.05) is 6.92 Å². The lowest BCUT2D eigenvalue weighted by molar-refractivity contribution is -0.153. The molecule has 0 aliphatic carbocycles. The van der Waals surface area contributed by atoms with Gasteiger partial charge in [0.05, 0.1) is 12.0 Å². The first-order valence-corrected chi connectivity index (χ1v) is 7.50. The van der Waals surface area contributed by atoms with Crippen LogP contribution in [-0.4, -0.2) is 64.7 Å². The van der Waals surface area contributed by atoms with Gasteiger partial charge in [0.25, 0.3) is 16.1 Å². The number of nitrogens with zero attached hydrogens (tertiary/aromatic N) is 3. The molecular weight excluding hydrogens is 338 g/mol. The van der Waals surface area contributed by atoms with E-state index in [-0.39, 0.29) is 0 Å². The molecule has 0 amide bonds. The largest absolute Gasteiger partial charge is 0.481 e. The molecule has 0 aromatic carbocycles. The van der Waals surface area contributed by atoms with Crippen molar-refractivity contribution in [2.24, 2.45) is 21.4 Å². The molecule has 13 heteroatoms. The minimum atomic E-state index is -3.67. The number of rotatable bonds is 2. The number of carboxylic acids is 3. The quantitative estimate of drug-likeness (QED) is 0.393. The maximum Gasteiger partial charge on any atom is 0.317 e. The van der Waals surface area contributed by atoms with Crippen LogP contribution in [-0.2, 0) is 24.5 Å². The Kier molecular flexibility index (Phi) is 14.7. The summed E-state index contributed by atoms with van der Waals surface area (Å²) < 4.78 is 25.9. The van der Waals surface area contributed by atoms with Crippen molar-refractivity contribution < 1.29 is 42.7 Å². The van der Waals surface area contributed by atoms with Crippen LogP contribution in [0.3, 0.4) is 0 Å². The van der Waals surface area contributed by atoms with Crippen molar-refractivity contribution in [1.29, 1.82) is 0 Å². The van der Waals surface area contributed by atoms with Crippen molar-refractivity contribution in [2.45, 2.75) is 20.8 Å². The smallest absolute Gasteiger partial charge is 0.317 e. The van der Waals surface area contributed by atoms with Gasteiger partial charge in [0.15, 0.2) is 5.92 Å². The first-order valence-electron chi connectivity index (χ1n) is 5.66. The molecule has 0 fully saturated rings. The van der Waals surface area contributed by atoms with Crippen LogP contribution in [0.2, 0.25) is 0 Å². The summed E-state index contributed by atoms with van der Waals surface area (Å²) in [5.41, 5.74) is 0.995. The van der Waals surface area contributed by atoms with Gasteiger partial charge in [0.2, 0.25) is 0 Å². The number of carboxylic acid groups (broad SMARTS) is 3. The van der Waals surface area contributed by atoms with Gasteiger partial charge in [-0.2, -0.15) is 13.5 Å². The molecule has 4 N–H and O–H groups in total. The van der Waals surface area contributed by atoms with Crippen molar-refractivity contribution in [3.63, 3.8) is 0 Å². The van der Waals surface area contributed by atoms with Gasteiger partial charge >= 0.3 is 11.9 Å². The molecule has 12 nitrogen and oxygen atoms in total. The van der Waals surface area contributed by atoms with E-state index in [0.29, 0.717) is 12.8 Å². The summed E-state index contributed by atoms with van der Waals surface area (Å²) in [6.45, 7) is 4.80. The number of carbonyl (C=O) groups is 3. The second-order valence-electron chi connectivity index (χ2n) is 3.87. The van der Waals surface area contributed by atoms with Crippen LogP contribution in [0.15, 0.2) is 15.4 Å². The second kappa shape index (κ2) is 13.3. The highest BCUT2D eigenvalue weighted by atomic mass is 32.2. The highest BCUT2D eigenvalue weighted by molar-refractivity contribution is 7.85.